The van der Waals surface area contributed by atoms with E-state index in [0.717, 1.165) is 0 Å². The second kappa shape index (κ2) is 4.79. The normalized spacial score (nSPS) is 24.9. The summed E-state index contributed by atoms with van der Waals surface area (Å²) in [6.45, 7) is 0.692. The van der Waals surface area contributed by atoms with E-state index in [1.807, 2.05) is 0 Å². The molecule has 1 aromatic carbocycles. The number of amides is 2. The van der Waals surface area contributed by atoms with Crippen molar-refractivity contribution >= 4 is 6.03 Å². The molecule has 0 aliphatic heterocycles. The molecule has 2 aliphatic carbocycles. The monoisotopic (exact) mass is 266 g/mol. The zero-order valence-corrected chi connectivity index (χ0v) is 10.5. The highest BCUT2D eigenvalue weighted by Crippen LogP contribution is 2.43. The fraction of sp³-hybridized carbons (Fsp3) is 0.500. The fourth-order valence-corrected chi connectivity index (χ4v) is 2.32. The molecule has 102 valence electrons. The van der Waals surface area contributed by atoms with E-state index >= 15 is 0 Å². The summed E-state index contributed by atoms with van der Waals surface area (Å²) < 4.78 is 27.1. The minimum atomic E-state index is -0.535. The number of carbonyl (C=O) groups is 1. The van der Waals surface area contributed by atoms with Gasteiger partial charge in [-0.25, -0.2) is 13.6 Å². The van der Waals surface area contributed by atoms with Crippen molar-refractivity contribution in [3.8, 4) is 0 Å². The number of nitrogens with one attached hydrogen (secondary N) is 2. The predicted octanol–water partition coefficient (Wildman–Crippen LogP) is 2.53. The number of hydrogen-bond donors (Lipinski definition) is 2. The first-order chi connectivity index (χ1) is 9.15. The van der Waals surface area contributed by atoms with E-state index in [-0.39, 0.29) is 23.6 Å². The number of urea groups is 1. The van der Waals surface area contributed by atoms with Crippen LogP contribution >= 0.6 is 0 Å². The first-order valence-electron chi connectivity index (χ1n) is 6.63. The Bertz CT molecular complexity index is 482. The van der Waals surface area contributed by atoms with Crippen molar-refractivity contribution in [3.05, 3.63) is 35.4 Å². The molecule has 2 atom stereocenters. The minimum absolute atomic E-state index is 0.0926. The number of rotatable bonds is 4. The van der Waals surface area contributed by atoms with Gasteiger partial charge in [0.25, 0.3) is 0 Å². The molecule has 3 rings (SSSR count). The molecule has 0 bridgehead atoms. The quantitative estimate of drug-likeness (QED) is 0.864. The van der Waals surface area contributed by atoms with Crippen LogP contribution in [0, 0.1) is 17.6 Å². The van der Waals surface area contributed by atoms with Crippen LogP contribution in [-0.4, -0.2) is 18.6 Å². The van der Waals surface area contributed by atoms with Crippen molar-refractivity contribution in [3.63, 3.8) is 0 Å². The molecule has 2 N–H and O–H groups in total. The Morgan fingerprint density at radius 1 is 1.26 bits per heavy atom. The highest BCUT2D eigenvalue weighted by Gasteiger charge is 2.42. The number of carbonyl (C=O) groups excluding carboxylic acids is 1. The summed E-state index contributed by atoms with van der Waals surface area (Å²) in [7, 11) is 0. The number of benzene rings is 1. The Morgan fingerprint density at radius 3 is 2.58 bits per heavy atom. The zero-order valence-electron chi connectivity index (χ0n) is 10.5. The van der Waals surface area contributed by atoms with Crippen LogP contribution in [0.15, 0.2) is 18.2 Å². The van der Waals surface area contributed by atoms with Crippen molar-refractivity contribution in [1.29, 1.82) is 0 Å². The zero-order chi connectivity index (χ0) is 13.4. The SMILES string of the molecule is O=C(NCC1CC1)NC1CC1c1c(F)cccc1F. The van der Waals surface area contributed by atoms with Crippen LogP contribution in [0.2, 0.25) is 0 Å². The fourth-order valence-electron chi connectivity index (χ4n) is 2.32. The van der Waals surface area contributed by atoms with Gasteiger partial charge in [0.1, 0.15) is 11.6 Å². The van der Waals surface area contributed by atoms with E-state index in [2.05, 4.69) is 10.6 Å². The average molecular weight is 266 g/mol. The first-order valence-corrected chi connectivity index (χ1v) is 6.63. The van der Waals surface area contributed by atoms with Gasteiger partial charge in [0, 0.05) is 24.1 Å². The van der Waals surface area contributed by atoms with Gasteiger partial charge >= 0.3 is 6.03 Å². The maximum Gasteiger partial charge on any atom is 0.315 e. The number of halogens is 2. The molecule has 19 heavy (non-hydrogen) atoms. The van der Waals surface area contributed by atoms with Gasteiger partial charge in [-0.1, -0.05) is 6.07 Å². The minimum Gasteiger partial charge on any atom is -0.338 e. The third kappa shape index (κ3) is 2.85. The molecule has 0 saturated heterocycles. The molecule has 2 amide bonds. The molecule has 3 nitrogen and oxygen atoms in total. The maximum absolute atomic E-state index is 13.5. The molecule has 2 saturated carbocycles. The Labute approximate surface area is 110 Å². The van der Waals surface area contributed by atoms with Crippen molar-refractivity contribution in [2.45, 2.75) is 31.2 Å². The summed E-state index contributed by atoms with van der Waals surface area (Å²) >= 11 is 0. The highest BCUT2D eigenvalue weighted by atomic mass is 19.1. The highest BCUT2D eigenvalue weighted by molar-refractivity contribution is 5.75. The van der Waals surface area contributed by atoms with Crippen LogP contribution in [0.5, 0.6) is 0 Å². The predicted molar refractivity (Wildman–Crippen MR) is 66.8 cm³/mol. The van der Waals surface area contributed by atoms with Crippen LogP contribution in [-0.2, 0) is 0 Å². The van der Waals surface area contributed by atoms with Crippen LogP contribution in [0.25, 0.3) is 0 Å². The lowest BCUT2D eigenvalue weighted by Crippen LogP contribution is -2.38. The van der Waals surface area contributed by atoms with Crippen molar-refractivity contribution in [2.75, 3.05) is 6.54 Å². The lowest BCUT2D eigenvalue weighted by atomic mass is 10.1. The molecule has 2 fully saturated rings. The van der Waals surface area contributed by atoms with Crippen LogP contribution in [0.1, 0.15) is 30.7 Å². The van der Waals surface area contributed by atoms with Crippen molar-refractivity contribution in [2.24, 2.45) is 5.92 Å². The average Bonchev–Trinajstić information content (AvgIpc) is 3.23. The summed E-state index contributed by atoms with van der Waals surface area (Å²) in [5, 5.41) is 5.54. The first kappa shape index (κ1) is 12.4. The molecule has 5 heteroatoms. The molecular formula is C14H16F2N2O. The van der Waals surface area contributed by atoms with Crippen LogP contribution in [0.3, 0.4) is 0 Å². The Hall–Kier alpha value is -1.65. The van der Waals surface area contributed by atoms with Gasteiger partial charge in [0.2, 0.25) is 0 Å². The summed E-state index contributed by atoms with van der Waals surface area (Å²) in [6, 6.07) is 3.45. The smallest absolute Gasteiger partial charge is 0.315 e. The van der Waals surface area contributed by atoms with E-state index in [1.54, 1.807) is 0 Å². The van der Waals surface area contributed by atoms with Crippen LogP contribution < -0.4 is 10.6 Å². The summed E-state index contributed by atoms with van der Waals surface area (Å²) in [6.07, 6.45) is 2.94. The van der Waals surface area contributed by atoms with Gasteiger partial charge in [-0.05, 0) is 37.3 Å². The molecule has 0 spiro atoms. The van der Waals surface area contributed by atoms with Gasteiger partial charge in [0.15, 0.2) is 0 Å². The second-order valence-corrected chi connectivity index (χ2v) is 5.38. The number of hydrogen-bond acceptors (Lipinski definition) is 1. The summed E-state index contributed by atoms with van der Waals surface area (Å²) in [4.78, 5) is 11.6. The van der Waals surface area contributed by atoms with E-state index < -0.39 is 11.6 Å². The molecule has 2 aliphatic rings. The lowest BCUT2D eigenvalue weighted by molar-refractivity contribution is 0.240. The van der Waals surface area contributed by atoms with Gasteiger partial charge in [-0.2, -0.15) is 0 Å². The largest absolute Gasteiger partial charge is 0.338 e. The Kier molecular flexibility index (Phi) is 3.12. The van der Waals surface area contributed by atoms with Crippen molar-refractivity contribution < 1.29 is 13.6 Å². The van der Waals surface area contributed by atoms with Gasteiger partial charge in [-0.15, -0.1) is 0 Å². The van der Waals surface area contributed by atoms with E-state index in [4.69, 9.17) is 0 Å². The topological polar surface area (TPSA) is 41.1 Å². The van der Waals surface area contributed by atoms with Gasteiger partial charge in [0.05, 0.1) is 0 Å². The molecular weight excluding hydrogens is 250 g/mol. The van der Waals surface area contributed by atoms with Gasteiger partial charge in [-0.3, -0.25) is 0 Å². The molecule has 0 radical (unpaired) electrons. The summed E-state index contributed by atoms with van der Waals surface area (Å²) in [5.41, 5.74) is 0.0926. The standard InChI is InChI=1S/C14H16F2N2O/c15-10-2-1-3-11(16)13(10)9-6-12(9)18-14(19)17-7-8-4-5-8/h1-3,8-9,12H,4-7H2,(H2,17,18,19). The Balaban J connectivity index is 1.54. The van der Waals surface area contributed by atoms with E-state index in [1.165, 1.54) is 31.0 Å². The van der Waals surface area contributed by atoms with Crippen LogP contribution in [0.4, 0.5) is 13.6 Å². The third-order valence-corrected chi connectivity index (χ3v) is 3.73. The Morgan fingerprint density at radius 2 is 1.95 bits per heavy atom. The van der Waals surface area contributed by atoms with E-state index in [9.17, 15) is 13.6 Å². The van der Waals surface area contributed by atoms with Gasteiger partial charge < -0.3 is 10.6 Å². The lowest BCUT2D eigenvalue weighted by Gasteiger charge is -2.07. The molecule has 2 unspecified atom stereocenters. The van der Waals surface area contributed by atoms with E-state index in [0.29, 0.717) is 18.9 Å². The maximum atomic E-state index is 13.5. The second-order valence-electron chi connectivity index (χ2n) is 5.38. The molecule has 1 aromatic rings. The van der Waals surface area contributed by atoms with Crippen molar-refractivity contribution in [1.82, 2.24) is 10.6 Å². The molecule has 0 aromatic heterocycles. The third-order valence-electron chi connectivity index (χ3n) is 3.73. The summed E-state index contributed by atoms with van der Waals surface area (Å²) in [5.74, 6) is -0.696. The molecule has 0 heterocycles.